The second-order valence-electron chi connectivity index (χ2n) is 8.17. The Morgan fingerprint density at radius 3 is 2.07 bits per heavy atom. The van der Waals surface area contributed by atoms with Crippen LogP contribution >= 0.6 is 0 Å². The van der Waals surface area contributed by atoms with Crippen LogP contribution in [0.4, 0.5) is 5.69 Å². The maximum atomic E-state index is 13.1. The minimum Gasteiger partial charge on any atom is -0.321 e. The molecule has 0 radical (unpaired) electrons. The molecule has 0 aliphatic carbocycles. The predicted molar refractivity (Wildman–Crippen MR) is 113 cm³/mol. The van der Waals surface area contributed by atoms with Crippen molar-refractivity contribution in [3.8, 4) is 0 Å². The van der Waals surface area contributed by atoms with E-state index in [9.17, 15) is 4.79 Å². The lowest BCUT2D eigenvalue weighted by molar-refractivity contribution is -0.934. The summed E-state index contributed by atoms with van der Waals surface area (Å²) in [5.74, 6) is 0.143. The number of anilines is 1. The number of likely N-dealkylation sites (tertiary alicyclic amines) is 1. The first-order valence-electron chi connectivity index (χ1n) is 10.3. The van der Waals surface area contributed by atoms with Gasteiger partial charge in [0.25, 0.3) is 5.91 Å². The number of para-hydroxylation sites is 1. The number of quaternary nitrogens is 1. The normalized spacial score (nSPS) is 17.0. The zero-order valence-corrected chi connectivity index (χ0v) is 16.8. The Morgan fingerprint density at radius 1 is 0.852 bits per heavy atom. The smallest absolute Gasteiger partial charge is 0.279 e. The van der Waals surface area contributed by atoms with Crippen molar-refractivity contribution < 1.29 is 9.28 Å². The number of rotatable bonds is 5. The fourth-order valence-electron chi connectivity index (χ4n) is 4.37. The van der Waals surface area contributed by atoms with Gasteiger partial charge in [-0.15, -0.1) is 0 Å². The summed E-state index contributed by atoms with van der Waals surface area (Å²) in [7, 11) is 0. The number of carbonyl (C=O) groups is 1. The number of aryl methyl sites for hydroxylation is 2. The monoisotopic (exact) mass is 365 g/mol. The zero-order valence-electron chi connectivity index (χ0n) is 16.8. The van der Waals surface area contributed by atoms with Gasteiger partial charge in [0.1, 0.15) is 6.54 Å². The molecule has 2 aromatic rings. The topological polar surface area (TPSA) is 29.1 Å². The Kier molecular flexibility index (Phi) is 6.68. The van der Waals surface area contributed by atoms with Crippen LogP contribution in [0.3, 0.4) is 0 Å². The molecule has 1 aliphatic heterocycles. The molecule has 3 rings (SSSR count). The third-order valence-corrected chi connectivity index (χ3v) is 5.85. The van der Waals surface area contributed by atoms with E-state index >= 15 is 0 Å². The van der Waals surface area contributed by atoms with E-state index in [1.54, 1.807) is 0 Å². The van der Waals surface area contributed by atoms with Crippen LogP contribution < -0.4 is 5.32 Å². The number of nitrogens with one attached hydrogen (secondary N) is 1. The van der Waals surface area contributed by atoms with Crippen molar-refractivity contribution in [2.75, 3.05) is 25.0 Å². The van der Waals surface area contributed by atoms with Crippen LogP contribution in [0.25, 0.3) is 0 Å². The standard InChI is InChI=1S/C24H32N2O/c1-20-12-11-13-21(2)24(20)25-23(27)19-26(16-9-4-3-5-10-17-26)18-22-14-7-6-8-15-22/h6-8,11-15H,3-5,9-10,16-19H2,1-2H3/p+1. The van der Waals surface area contributed by atoms with Gasteiger partial charge in [0.05, 0.1) is 13.1 Å². The summed E-state index contributed by atoms with van der Waals surface area (Å²) in [6.45, 7) is 7.81. The quantitative estimate of drug-likeness (QED) is 0.723. The third-order valence-electron chi connectivity index (χ3n) is 5.85. The summed E-state index contributed by atoms with van der Waals surface area (Å²) in [4.78, 5) is 13.1. The van der Waals surface area contributed by atoms with Gasteiger partial charge in [-0.2, -0.15) is 0 Å². The molecule has 0 aromatic heterocycles. The number of carbonyl (C=O) groups excluding carboxylic acids is 1. The third kappa shape index (κ3) is 5.43. The van der Waals surface area contributed by atoms with Crippen molar-refractivity contribution >= 4 is 11.6 Å². The maximum Gasteiger partial charge on any atom is 0.279 e. The van der Waals surface area contributed by atoms with Gasteiger partial charge in [0.15, 0.2) is 6.54 Å². The van der Waals surface area contributed by atoms with E-state index in [4.69, 9.17) is 0 Å². The van der Waals surface area contributed by atoms with Crippen LogP contribution in [0.15, 0.2) is 48.5 Å². The predicted octanol–water partition coefficient (Wildman–Crippen LogP) is 5.22. The molecule has 1 saturated heterocycles. The number of hydrogen-bond donors (Lipinski definition) is 1. The van der Waals surface area contributed by atoms with Crippen LogP contribution in [0.2, 0.25) is 0 Å². The van der Waals surface area contributed by atoms with E-state index in [0.29, 0.717) is 6.54 Å². The molecule has 0 unspecified atom stereocenters. The molecule has 0 atom stereocenters. The summed E-state index contributed by atoms with van der Waals surface area (Å²) in [6.07, 6.45) is 6.33. The Morgan fingerprint density at radius 2 is 1.44 bits per heavy atom. The fourth-order valence-corrected chi connectivity index (χ4v) is 4.37. The van der Waals surface area contributed by atoms with Gasteiger partial charge in [0, 0.05) is 11.3 Å². The van der Waals surface area contributed by atoms with E-state index in [-0.39, 0.29) is 5.91 Å². The lowest BCUT2D eigenvalue weighted by Gasteiger charge is -2.39. The fraction of sp³-hybridized carbons (Fsp3) is 0.458. The molecule has 3 heteroatoms. The van der Waals surface area contributed by atoms with Crippen LogP contribution in [0, 0.1) is 13.8 Å². The van der Waals surface area contributed by atoms with E-state index in [0.717, 1.165) is 40.9 Å². The van der Waals surface area contributed by atoms with Gasteiger partial charge < -0.3 is 9.80 Å². The molecule has 1 aliphatic rings. The number of nitrogens with zero attached hydrogens (tertiary/aromatic N) is 1. The second kappa shape index (κ2) is 9.18. The van der Waals surface area contributed by atoms with Gasteiger partial charge in [0.2, 0.25) is 0 Å². The molecule has 1 amide bonds. The Bertz CT molecular complexity index is 726. The molecule has 1 heterocycles. The minimum atomic E-state index is 0.143. The van der Waals surface area contributed by atoms with E-state index < -0.39 is 0 Å². The van der Waals surface area contributed by atoms with Gasteiger partial charge in [-0.1, -0.05) is 55.0 Å². The Hall–Kier alpha value is -2.13. The molecule has 1 fully saturated rings. The highest BCUT2D eigenvalue weighted by Gasteiger charge is 2.31. The molecule has 0 spiro atoms. The average molecular weight is 366 g/mol. The van der Waals surface area contributed by atoms with E-state index in [2.05, 4.69) is 61.6 Å². The van der Waals surface area contributed by atoms with E-state index in [1.807, 2.05) is 6.07 Å². The van der Waals surface area contributed by atoms with Crippen molar-refractivity contribution in [3.05, 3.63) is 65.2 Å². The highest BCUT2D eigenvalue weighted by Crippen LogP contribution is 2.24. The highest BCUT2D eigenvalue weighted by atomic mass is 16.2. The first-order chi connectivity index (χ1) is 13.1. The molecule has 27 heavy (non-hydrogen) atoms. The van der Waals surface area contributed by atoms with Crippen LogP contribution in [0.1, 0.15) is 48.8 Å². The molecule has 1 N–H and O–H groups in total. The summed E-state index contributed by atoms with van der Waals surface area (Å²) < 4.78 is 0.876. The van der Waals surface area contributed by atoms with Gasteiger partial charge in [-0.05, 0) is 50.7 Å². The molecule has 144 valence electrons. The second-order valence-corrected chi connectivity index (χ2v) is 8.17. The molecule has 2 aromatic carbocycles. The van der Waals surface area contributed by atoms with Gasteiger partial charge in [-0.25, -0.2) is 0 Å². The molecular weight excluding hydrogens is 332 g/mol. The SMILES string of the molecule is Cc1cccc(C)c1NC(=O)C[N+]1(Cc2ccccc2)CCCCCCC1. The minimum absolute atomic E-state index is 0.143. The molecule has 0 saturated carbocycles. The van der Waals surface area contributed by atoms with Gasteiger partial charge >= 0.3 is 0 Å². The van der Waals surface area contributed by atoms with Crippen molar-refractivity contribution in [3.63, 3.8) is 0 Å². The highest BCUT2D eigenvalue weighted by molar-refractivity contribution is 5.93. The van der Waals surface area contributed by atoms with Crippen LogP contribution in [-0.2, 0) is 11.3 Å². The van der Waals surface area contributed by atoms with E-state index in [1.165, 1.54) is 37.7 Å². The van der Waals surface area contributed by atoms with Crippen molar-refractivity contribution in [1.29, 1.82) is 0 Å². The first-order valence-corrected chi connectivity index (χ1v) is 10.3. The maximum absolute atomic E-state index is 13.1. The average Bonchev–Trinajstić information content (AvgIpc) is 2.63. The molecular formula is C24H33N2O+. The summed E-state index contributed by atoms with van der Waals surface area (Å²) >= 11 is 0. The summed E-state index contributed by atoms with van der Waals surface area (Å²) in [5.41, 5.74) is 4.57. The number of hydrogen-bond acceptors (Lipinski definition) is 1. The Balaban J connectivity index is 1.78. The number of benzene rings is 2. The van der Waals surface area contributed by atoms with Crippen molar-refractivity contribution in [2.45, 2.75) is 52.5 Å². The van der Waals surface area contributed by atoms with Crippen molar-refractivity contribution in [1.82, 2.24) is 0 Å². The van der Waals surface area contributed by atoms with Crippen LogP contribution in [-0.4, -0.2) is 30.0 Å². The zero-order chi connectivity index (χ0) is 19.1. The van der Waals surface area contributed by atoms with Gasteiger partial charge in [-0.3, -0.25) is 4.79 Å². The molecule has 0 bridgehead atoms. The lowest BCUT2D eigenvalue weighted by atomic mass is 10.0. The lowest BCUT2D eigenvalue weighted by Crippen LogP contribution is -2.53. The molecule has 3 nitrogen and oxygen atoms in total. The summed E-state index contributed by atoms with van der Waals surface area (Å²) in [5, 5.41) is 3.22. The largest absolute Gasteiger partial charge is 0.321 e. The summed E-state index contributed by atoms with van der Waals surface area (Å²) in [6, 6.07) is 16.8. The Labute approximate surface area is 164 Å². The number of amides is 1. The van der Waals surface area contributed by atoms with Crippen LogP contribution in [0.5, 0.6) is 0 Å². The van der Waals surface area contributed by atoms with Crippen molar-refractivity contribution in [2.24, 2.45) is 0 Å². The first kappa shape index (κ1) is 19.6.